The van der Waals surface area contributed by atoms with E-state index in [0.29, 0.717) is 11.6 Å². The number of unbranched alkanes of at least 4 members (excludes halogenated alkanes) is 1. The topological polar surface area (TPSA) is 182 Å². The number of ether oxygens (including phenoxy) is 2. The van der Waals surface area contributed by atoms with Crippen LogP contribution in [0.5, 0.6) is 0 Å². The van der Waals surface area contributed by atoms with Crippen LogP contribution in [0.15, 0.2) is 63.9 Å². The van der Waals surface area contributed by atoms with Crippen molar-refractivity contribution in [3.8, 4) is 0 Å². The number of rotatable bonds is 4. The van der Waals surface area contributed by atoms with Crippen molar-refractivity contribution in [3.63, 3.8) is 0 Å². The molecule has 0 aliphatic rings. The predicted molar refractivity (Wildman–Crippen MR) is 182 cm³/mol. The fraction of sp³-hybridized carbons (Fsp3) is 0.379. The van der Waals surface area contributed by atoms with E-state index in [9.17, 15) is 9.59 Å². The van der Waals surface area contributed by atoms with Crippen LogP contribution in [0.1, 0.15) is 61.3 Å². The number of nitrogen functional groups attached to an aromatic ring is 1. The monoisotopic (exact) mass is 746 g/mol. The molecule has 45 heavy (non-hydrogen) atoms. The number of anilines is 3. The smallest absolute Gasteiger partial charge is 0.444 e. The van der Waals surface area contributed by atoms with Gasteiger partial charge in [-0.3, -0.25) is 10.6 Å². The summed E-state index contributed by atoms with van der Waals surface area (Å²) in [5.74, 6) is 1.30. The molecule has 3 aromatic rings. The zero-order valence-corrected chi connectivity index (χ0v) is 30.3. The van der Waals surface area contributed by atoms with E-state index in [0.717, 1.165) is 15.4 Å². The zero-order valence-electron chi connectivity index (χ0n) is 27.1. The molecule has 0 saturated heterocycles. The van der Waals surface area contributed by atoms with Crippen molar-refractivity contribution in [2.75, 3.05) is 16.4 Å². The van der Waals surface area contributed by atoms with Crippen molar-refractivity contribution < 1.29 is 48.0 Å². The third-order valence-corrected chi connectivity index (χ3v) is 5.11. The van der Waals surface area contributed by atoms with Crippen LogP contribution in [0.3, 0.4) is 0 Å². The van der Waals surface area contributed by atoms with E-state index < -0.39 is 30.5 Å². The Kier molecular flexibility index (Phi) is 22.5. The Bertz CT molecular complexity index is 1220. The van der Waals surface area contributed by atoms with Crippen LogP contribution in [-0.2, 0) is 9.47 Å². The average Bonchev–Trinajstić information content (AvgIpc) is 2.91. The molecule has 3 rings (SSSR count). The van der Waals surface area contributed by atoms with Crippen molar-refractivity contribution in [2.24, 2.45) is 0 Å². The van der Waals surface area contributed by atoms with Gasteiger partial charge in [0.05, 0.1) is 0 Å². The Balaban J connectivity index is 0. The quantitative estimate of drug-likeness (QED) is 0.196. The minimum atomic E-state index is -1.57. The molecule has 0 saturated carbocycles. The number of nitrogens with zero attached hydrogens (tertiary/aromatic N) is 3. The Morgan fingerprint density at radius 3 is 1.49 bits per heavy atom. The van der Waals surface area contributed by atoms with E-state index in [1.165, 1.54) is 24.8 Å². The van der Waals surface area contributed by atoms with Gasteiger partial charge in [-0.05, 0) is 104 Å². The van der Waals surface area contributed by atoms with Gasteiger partial charge in [-0.1, -0.05) is 19.4 Å². The van der Waals surface area contributed by atoms with Crippen LogP contribution in [0.4, 0.5) is 27.0 Å². The summed E-state index contributed by atoms with van der Waals surface area (Å²) in [6, 6.07) is 9.98. The van der Waals surface area contributed by atoms with Crippen LogP contribution in [0, 0.1) is 6.92 Å². The van der Waals surface area contributed by atoms with Crippen LogP contribution in [0.2, 0.25) is 0 Å². The van der Waals surface area contributed by atoms with E-state index in [4.69, 9.17) is 25.3 Å². The van der Waals surface area contributed by atoms with E-state index in [1.807, 2.05) is 26.8 Å². The molecule has 3 aromatic heterocycles. The van der Waals surface area contributed by atoms with Gasteiger partial charge in [-0.15, -0.1) is 0 Å². The number of nitrogens with one attached hydrogen (secondary N) is 2. The second-order valence-corrected chi connectivity index (χ2v) is 12.6. The first-order chi connectivity index (χ1) is 20.3. The zero-order chi connectivity index (χ0) is 33.9. The minimum absolute atomic E-state index is 0. The standard InChI is InChI=1S/C10H15BN2O4.C10H13BrN2O2.C5H5BrN2.C4H9.Li/c1-10(2,3)17-9(14)13-8-5-4-7(6-12-8)11(15)16;1-10(2,3)15-9(14)13-8-5-4-7(11)6-12-8;6-4-1-2-5(7)8-3-4;1-3-4-2;/h4-6,15-16H,1-3H3,(H,12,13,14);4-6H,1-3H3,(H,12,13,14);1-3H,(H2,7,8);1,3-4H2,2H3;/q;;;-1;+1. The molecular formula is C29H42BBr2LiN6O6. The Morgan fingerprint density at radius 1 is 0.822 bits per heavy atom. The van der Waals surface area contributed by atoms with Crippen molar-refractivity contribution in [1.29, 1.82) is 0 Å². The summed E-state index contributed by atoms with van der Waals surface area (Å²) in [6.45, 7) is 16.4. The molecular weight excluding hydrogens is 706 g/mol. The summed E-state index contributed by atoms with van der Waals surface area (Å²) in [7, 11) is -1.57. The summed E-state index contributed by atoms with van der Waals surface area (Å²) < 4.78 is 11.9. The van der Waals surface area contributed by atoms with Crippen molar-refractivity contribution in [1.82, 2.24) is 15.0 Å². The van der Waals surface area contributed by atoms with Gasteiger partial charge in [0.1, 0.15) is 28.7 Å². The average molecular weight is 748 g/mol. The third kappa shape index (κ3) is 25.2. The van der Waals surface area contributed by atoms with Crippen LogP contribution in [-0.4, -0.2) is 55.5 Å². The molecule has 0 spiro atoms. The van der Waals surface area contributed by atoms with Gasteiger partial charge in [0.2, 0.25) is 0 Å². The molecule has 16 heteroatoms. The molecule has 0 fully saturated rings. The number of hydrogen-bond acceptors (Lipinski definition) is 10. The number of aromatic nitrogens is 3. The van der Waals surface area contributed by atoms with Gasteiger partial charge in [-0.25, -0.2) is 24.5 Å². The number of nitrogens with two attached hydrogens (primary N) is 1. The van der Waals surface area contributed by atoms with Gasteiger partial charge in [0, 0.05) is 33.0 Å². The van der Waals surface area contributed by atoms with Crippen molar-refractivity contribution >= 4 is 74.1 Å². The fourth-order valence-electron chi connectivity index (χ4n) is 2.29. The first-order valence-corrected chi connectivity index (χ1v) is 15.0. The summed E-state index contributed by atoms with van der Waals surface area (Å²) in [4.78, 5) is 34.3. The van der Waals surface area contributed by atoms with Gasteiger partial charge >= 0.3 is 38.2 Å². The summed E-state index contributed by atoms with van der Waals surface area (Å²) in [5, 5.41) is 22.7. The second-order valence-electron chi connectivity index (χ2n) is 10.7. The van der Waals surface area contributed by atoms with Gasteiger partial charge < -0.3 is 32.2 Å². The molecule has 6 N–H and O–H groups in total. The molecule has 2 amide bonds. The van der Waals surface area contributed by atoms with E-state index >= 15 is 0 Å². The maximum absolute atomic E-state index is 11.4. The molecule has 12 nitrogen and oxygen atoms in total. The number of amides is 2. The number of carbonyl (C=O) groups is 2. The normalized spacial score (nSPS) is 10.0. The second kappa shape index (κ2) is 22.8. The van der Waals surface area contributed by atoms with Crippen molar-refractivity contribution in [3.05, 3.63) is 70.9 Å². The molecule has 0 bridgehead atoms. The van der Waals surface area contributed by atoms with Gasteiger partial charge in [-0.2, -0.15) is 6.42 Å². The van der Waals surface area contributed by atoms with Crippen LogP contribution in [0.25, 0.3) is 0 Å². The molecule has 0 aliphatic heterocycles. The fourth-order valence-corrected chi connectivity index (χ4v) is 2.75. The Hall–Kier alpha value is -2.67. The number of carbonyl (C=O) groups excluding carboxylic acids is 2. The van der Waals surface area contributed by atoms with Crippen LogP contribution >= 0.6 is 31.9 Å². The molecule has 0 aliphatic carbocycles. The number of halogens is 2. The maximum Gasteiger partial charge on any atom is 1.00 e. The molecule has 0 atom stereocenters. The van der Waals surface area contributed by atoms with Gasteiger partial charge in [0.15, 0.2) is 0 Å². The van der Waals surface area contributed by atoms with E-state index in [2.05, 4.69) is 71.3 Å². The van der Waals surface area contributed by atoms with E-state index in [1.54, 1.807) is 51.4 Å². The number of hydrogen-bond donors (Lipinski definition) is 5. The first kappa shape index (κ1) is 44.5. The molecule has 3 heterocycles. The first-order valence-electron chi connectivity index (χ1n) is 13.4. The van der Waals surface area contributed by atoms with E-state index in [-0.39, 0.29) is 30.1 Å². The molecule has 242 valence electrons. The molecule has 0 radical (unpaired) electrons. The van der Waals surface area contributed by atoms with Gasteiger partial charge in [0.25, 0.3) is 0 Å². The maximum atomic E-state index is 11.4. The Labute approximate surface area is 295 Å². The summed E-state index contributed by atoms with van der Waals surface area (Å²) in [6.07, 6.45) is 5.69. The summed E-state index contributed by atoms with van der Waals surface area (Å²) in [5.41, 5.74) is 4.47. The molecule has 0 unspecified atom stereocenters. The van der Waals surface area contributed by atoms with Crippen LogP contribution < -0.4 is 40.7 Å². The summed E-state index contributed by atoms with van der Waals surface area (Å²) >= 11 is 6.48. The number of pyridine rings is 3. The SMILES string of the molecule is CC(C)(C)OC(=O)Nc1ccc(B(O)O)cn1.CC(C)(C)OC(=O)Nc1ccc(Br)cn1.Nc1ccc(Br)cn1.[CH2-]CCC.[Li+]. The molecule has 0 aromatic carbocycles. The van der Waals surface area contributed by atoms with Crippen molar-refractivity contribution in [2.45, 2.75) is 72.5 Å². The third-order valence-electron chi connectivity index (χ3n) is 4.17. The largest absolute Gasteiger partial charge is 1.00 e. The predicted octanol–water partition coefficient (Wildman–Crippen LogP) is 3.35. The Morgan fingerprint density at radius 2 is 1.22 bits per heavy atom. The minimum Gasteiger partial charge on any atom is -0.444 e.